The zero-order valence-electron chi connectivity index (χ0n) is 15.6. The van der Waals surface area contributed by atoms with Crippen LogP contribution < -0.4 is 9.62 Å². The van der Waals surface area contributed by atoms with Crippen LogP contribution in [0.2, 0.25) is 0 Å². The molecule has 146 valence electrons. The number of rotatable bonds is 4. The monoisotopic (exact) mass is 400 g/mol. The Labute approximate surface area is 163 Å². The first-order valence-electron chi connectivity index (χ1n) is 9.02. The van der Waals surface area contributed by atoms with Crippen LogP contribution in [0.5, 0.6) is 0 Å². The molecule has 8 heteroatoms. The summed E-state index contributed by atoms with van der Waals surface area (Å²) >= 11 is 0. The van der Waals surface area contributed by atoms with Crippen molar-refractivity contribution in [3.63, 3.8) is 0 Å². The Balaban J connectivity index is 1.77. The summed E-state index contributed by atoms with van der Waals surface area (Å²) in [6.07, 6.45) is 1.52. The number of carbonyl (C=O) groups excluding carboxylic acids is 2. The van der Waals surface area contributed by atoms with Crippen molar-refractivity contribution < 1.29 is 22.7 Å². The Morgan fingerprint density at radius 1 is 1.25 bits per heavy atom. The molecule has 7 nitrogen and oxygen atoms in total. The molecule has 2 aliphatic rings. The van der Waals surface area contributed by atoms with Gasteiger partial charge in [-0.05, 0) is 55.2 Å². The summed E-state index contributed by atoms with van der Waals surface area (Å²) in [5.41, 5.74) is 2.74. The molecular weight excluding hydrogens is 380 g/mol. The molecule has 1 atom stereocenters. The van der Waals surface area contributed by atoms with Gasteiger partial charge < -0.3 is 9.64 Å². The number of carbonyl (C=O) groups is 2. The molecule has 2 aliphatic heterocycles. The fourth-order valence-electron chi connectivity index (χ4n) is 3.88. The Kier molecular flexibility index (Phi) is 4.38. The van der Waals surface area contributed by atoms with E-state index in [4.69, 9.17) is 4.74 Å². The first-order chi connectivity index (χ1) is 13.3. The van der Waals surface area contributed by atoms with Gasteiger partial charge in [-0.15, -0.1) is 0 Å². The van der Waals surface area contributed by atoms with E-state index in [9.17, 15) is 18.0 Å². The number of benzene rings is 2. The highest BCUT2D eigenvalue weighted by Crippen LogP contribution is 2.44. The number of anilines is 2. The number of ether oxygens (including phenoxy) is 1. The number of nitrogens with zero attached hydrogens (tertiary/aromatic N) is 1. The highest BCUT2D eigenvalue weighted by atomic mass is 32.2. The average molecular weight is 400 g/mol. The molecule has 0 bridgehead atoms. The lowest BCUT2D eigenvalue weighted by Gasteiger charge is -2.26. The summed E-state index contributed by atoms with van der Waals surface area (Å²) in [5.74, 6) is -0.990. The molecule has 1 amide bonds. The third kappa shape index (κ3) is 2.84. The summed E-state index contributed by atoms with van der Waals surface area (Å²) in [6, 6.07) is 9.46. The maximum atomic E-state index is 13.1. The zero-order valence-corrected chi connectivity index (χ0v) is 16.4. The molecule has 0 saturated carbocycles. The lowest BCUT2D eigenvalue weighted by atomic mass is 9.97. The van der Waals surface area contributed by atoms with Gasteiger partial charge in [-0.25, -0.2) is 13.2 Å². The number of aryl methyl sites for hydroxylation is 1. The van der Waals surface area contributed by atoms with Crippen molar-refractivity contribution in [1.82, 2.24) is 0 Å². The number of esters is 1. The molecule has 2 aromatic rings. The second-order valence-corrected chi connectivity index (χ2v) is 8.66. The fraction of sp³-hybridized carbons (Fsp3) is 0.300. The van der Waals surface area contributed by atoms with Gasteiger partial charge >= 0.3 is 5.97 Å². The largest absolute Gasteiger partial charge is 0.465 e. The van der Waals surface area contributed by atoms with E-state index < -0.39 is 16.0 Å². The summed E-state index contributed by atoms with van der Waals surface area (Å²) in [5, 5.41) is 0. The zero-order chi connectivity index (χ0) is 20.1. The molecule has 0 aliphatic carbocycles. The predicted octanol–water partition coefficient (Wildman–Crippen LogP) is 2.67. The highest BCUT2D eigenvalue weighted by molar-refractivity contribution is 7.92. The van der Waals surface area contributed by atoms with Gasteiger partial charge in [0.1, 0.15) is 0 Å². The van der Waals surface area contributed by atoms with E-state index in [1.165, 1.54) is 19.2 Å². The van der Waals surface area contributed by atoms with Crippen molar-refractivity contribution in [3.05, 3.63) is 53.1 Å². The van der Waals surface area contributed by atoms with Crippen molar-refractivity contribution >= 4 is 33.3 Å². The Morgan fingerprint density at radius 3 is 2.75 bits per heavy atom. The molecule has 0 fully saturated rings. The van der Waals surface area contributed by atoms with Gasteiger partial charge in [0.2, 0.25) is 5.91 Å². The van der Waals surface area contributed by atoms with Gasteiger partial charge in [0.25, 0.3) is 10.0 Å². The van der Waals surface area contributed by atoms with Crippen LogP contribution in [0.15, 0.2) is 41.3 Å². The highest BCUT2D eigenvalue weighted by Gasteiger charge is 2.39. The summed E-state index contributed by atoms with van der Waals surface area (Å²) in [4.78, 5) is 26.3. The van der Waals surface area contributed by atoms with Crippen LogP contribution in [0.25, 0.3) is 0 Å². The number of hydrogen-bond donors (Lipinski definition) is 1. The van der Waals surface area contributed by atoms with E-state index in [1.807, 2.05) is 0 Å². The van der Waals surface area contributed by atoms with Gasteiger partial charge in [-0.3, -0.25) is 9.52 Å². The molecule has 0 radical (unpaired) electrons. The Morgan fingerprint density at radius 2 is 2.00 bits per heavy atom. The average Bonchev–Trinajstić information content (AvgIpc) is 2.94. The van der Waals surface area contributed by atoms with E-state index in [1.54, 1.807) is 36.1 Å². The number of amides is 1. The standard InChI is InChI=1S/C20H20N2O5S/c1-12-16-11-14(10-13-6-5-9-22(18(13)16)19(12)23)28(25,26)21-17-8-4-3-7-15(17)20(24)27-2/h3-4,7-8,10-12,21H,5-6,9H2,1-2H3. The third-order valence-corrected chi connectivity index (χ3v) is 6.62. The van der Waals surface area contributed by atoms with E-state index in [-0.39, 0.29) is 28.0 Å². The van der Waals surface area contributed by atoms with Crippen LogP contribution in [0.4, 0.5) is 11.4 Å². The van der Waals surface area contributed by atoms with Crippen LogP contribution in [0.3, 0.4) is 0 Å². The van der Waals surface area contributed by atoms with Crippen molar-refractivity contribution in [2.24, 2.45) is 0 Å². The molecule has 0 spiro atoms. The first-order valence-corrected chi connectivity index (χ1v) is 10.5. The third-order valence-electron chi connectivity index (χ3n) is 5.28. The SMILES string of the molecule is COC(=O)c1ccccc1NS(=O)(=O)c1cc2c3c(c1)C(C)C(=O)N3CCC2. The maximum Gasteiger partial charge on any atom is 0.339 e. The van der Waals surface area contributed by atoms with Gasteiger partial charge in [0.05, 0.1) is 34.9 Å². The van der Waals surface area contributed by atoms with Crippen LogP contribution in [0, 0.1) is 0 Å². The maximum absolute atomic E-state index is 13.1. The van der Waals surface area contributed by atoms with Crippen LogP contribution in [0.1, 0.15) is 40.7 Å². The van der Waals surface area contributed by atoms with Gasteiger partial charge in [0, 0.05) is 6.54 Å². The van der Waals surface area contributed by atoms with E-state index in [2.05, 4.69) is 4.72 Å². The van der Waals surface area contributed by atoms with Gasteiger partial charge in [-0.1, -0.05) is 12.1 Å². The van der Waals surface area contributed by atoms with Crippen LogP contribution in [-0.2, 0) is 26.0 Å². The summed E-state index contributed by atoms with van der Waals surface area (Å²) < 4.78 is 33.3. The Hall–Kier alpha value is -2.87. The molecule has 2 heterocycles. The van der Waals surface area contributed by atoms with Crippen LogP contribution in [-0.4, -0.2) is 33.9 Å². The van der Waals surface area contributed by atoms with Crippen LogP contribution >= 0.6 is 0 Å². The minimum Gasteiger partial charge on any atom is -0.465 e. The fourth-order valence-corrected chi connectivity index (χ4v) is 5.05. The molecule has 28 heavy (non-hydrogen) atoms. The molecule has 2 aromatic carbocycles. The predicted molar refractivity (Wildman–Crippen MR) is 104 cm³/mol. The Bertz CT molecular complexity index is 1090. The molecular formula is C20H20N2O5S. The topological polar surface area (TPSA) is 92.8 Å². The number of para-hydroxylation sites is 1. The van der Waals surface area contributed by atoms with Crippen molar-refractivity contribution in [2.75, 3.05) is 23.3 Å². The minimum atomic E-state index is -3.95. The second kappa shape index (κ2) is 6.63. The smallest absolute Gasteiger partial charge is 0.339 e. The van der Waals surface area contributed by atoms with Gasteiger partial charge in [0.15, 0.2) is 0 Å². The second-order valence-electron chi connectivity index (χ2n) is 6.98. The van der Waals surface area contributed by atoms with Crippen molar-refractivity contribution in [2.45, 2.75) is 30.6 Å². The molecule has 1 unspecified atom stereocenters. The molecule has 1 N–H and O–H groups in total. The van der Waals surface area contributed by atoms with Gasteiger partial charge in [-0.2, -0.15) is 0 Å². The number of sulfonamides is 1. The number of methoxy groups -OCH3 is 1. The molecule has 4 rings (SSSR count). The first kappa shape index (κ1) is 18.5. The van der Waals surface area contributed by atoms with Crippen molar-refractivity contribution in [1.29, 1.82) is 0 Å². The van der Waals surface area contributed by atoms with E-state index in [0.717, 1.165) is 29.7 Å². The lowest BCUT2D eigenvalue weighted by molar-refractivity contribution is -0.119. The minimum absolute atomic E-state index is 0.00879. The summed E-state index contributed by atoms with van der Waals surface area (Å²) in [7, 11) is -2.71. The quantitative estimate of drug-likeness (QED) is 0.797. The van der Waals surface area contributed by atoms with E-state index in [0.29, 0.717) is 6.54 Å². The number of hydrogen-bond acceptors (Lipinski definition) is 5. The van der Waals surface area contributed by atoms with Crippen molar-refractivity contribution in [3.8, 4) is 0 Å². The lowest BCUT2D eigenvalue weighted by Crippen LogP contribution is -2.32. The van der Waals surface area contributed by atoms with E-state index >= 15 is 0 Å². The molecule has 0 aromatic heterocycles. The molecule has 0 saturated heterocycles. The summed E-state index contributed by atoms with van der Waals surface area (Å²) in [6.45, 7) is 2.46. The number of nitrogens with one attached hydrogen (secondary N) is 1. The normalized spacial score (nSPS) is 18.0.